The molecule has 0 spiro atoms. The third kappa shape index (κ3) is 2.89. The number of esters is 1. The second kappa shape index (κ2) is 7.77. The normalized spacial score (nSPS) is 24.8. The Morgan fingerprint density at radius 3 is 2.22 bits per heavy atom. The van der Waals surface area contributed by atoms with Crippen LogP contribution in [0.2, 0.25) is 0 Å². The Kier molecular flexibility index (Phi) is 4.91. The highest BCUT2D eigenvalue weighted by Crippen LogP contribution is 2.55. The lowest BCUT2D eigenvalue weighted by Gasteiger charge is -2.41. The number of nitrogens with one attached hydrogen (secondary N) is 1. The summed E-state index contributed by atoms with van der Waals surface area (Å²) in [4.78, 5) is 12.9. The summed E-state index contributed by atoms with van der Waals surface area (Å²) < 4.78 is 33.2. The van der Waals surface area contributed by atoms with Gasteiger partial charge in [-0.2, -0.15) is 0 Å². The molecule has 2 heterocycles. The minimum Gasteiger partial charge on any atom is -0.493 e. The van der Waals surface area contributed by atoms with Crippen LogP contribution in [0.1, 0.15) is 28.7 Å². The molecule has 4 atom stereocenters. The number of nitrogens with zero attached hydrogens (tertiary/aromatic N) is 2. The van der Waals surface area contributed by atoms with E-state index in [0.29, 0.717) is 28.7 Å². The van der Waals surface area contributed by atoms with Crippen LogP contribution < -0.4 is 29.1 Å². The summed E-state index contributed by atoms with van der Waals surface area (Å²) in [5.41, 5.74) is 14.5. The highest BCUT2D eigenvalue weighted by Gasteiger charge is 2.51. The first-order chi connectivity index (χ1) is 15.6. The zero-order chi connectivity index (χ0) is 22.4. The summed E-state index contributed by atoms with van der Waals surface area (Å²) in [6, 6.07) is 6.98. The molecule has 3 aliphatic rings. The maximum absolute atomic E-state index is 12.9. The molecule has 5 rings (SSSR count). The molecule has 0 aromatic heterocycles. The highest BCUT2D eigenvalue weighted by atomic mass is 16.7. The predicted molar refractivity (Wildman–Crippen MR) is 110 cm³/mol. The number of carbonyl (C=O) groups is 1. The van der Waals surface area contributed by atoms with Gasteiger partial charge in [0.25, 0.3) is 0 Å². The molecule has 10 nitrogen and oxygen atoms in total. The van der Waals surface area contributed by atoms with E-state index < -0.39 is 12.0 Å². The summed E-state index contributed by atoms with van der Waals surface area (Å²) in [6.07, 6.45) is 0. The first-order valence-corrected chi connectivity index (χ1v) is 10.1. The second-order valence-corrected chi connectivity index (χ2v) is 7.80. The molecule has 2 aromatic carbocycles. The summed E-state index contributed by atoms with van der Waals surface area (Å²) >= 11 is 0. The number of ether oxygens (including phenoxy) is 6. The number of hydrogen-bond acceptors (Lipinski definition) is 8. The quantitative estimate of drug-likeness (QED) is 0.414. The third-order valence-corrected chi connectivity index (χ3v) is 6.43. The molecule has 32 heavy (non-hydrogen) atoms. The van der Waals surface area contributed by atoms with Crippen molar-refractivity contribution in [1.82, 2.24) is 5.43 Å². The summed E-state index contributed by atoms with van der Waals surface area (Å²) in [6.45, 7) is 0.315. The third-order valence-electron chi connectivity index (χ3n) is 6.43. The zero-order valence-corrected chi connectivity index (χ0v) is 17.8. The highest BCUT2D eigenvalue weighted by molar-refractivity contribution is 5.79. The second-order valence-electron chi connectivity index (χ2n) is 7.80. The number of methoxy groups -OCH3 is 3. The van der Waals surface area contributed by atoms with Crippen molar-refractivity contribution in [2.75, 3.05) is 34.7 Å². The molecule has 168 valence electrons. The first-order valence-electron chi connectivity index (χ1n) is 10.1. The average Bonchev–Trinajstić information content (AvgIpc) is 3.43. The van der Waals surface area contributed by atoms with Gasteiger partial charge in [0.05, 0.1) is 33.9 Å². The maximum atomic E-state index is 12.9. The monoisotopic (exact) mass is 440 g/mol. The van der Waals surface area contributed by atoms with Crippen LogP contribution in [0.4, 0.5) is 0 Å². The van der Waals surface area contributed by atoms with E-state index in [9.17, 15) is 10.3 Å². The zero-order valence-electron chi connectivity index (χ0n) is 17.8. The van der Waals surface area contributed by atoms with Gasteiger partial charge in [-0.25, -0.2) is 0 Å². The minimum atomic E-state index is -0.523. The molecule has 10 heteroatoms. The van der Waals surface area contributed by atoms with Gasteiger partial charge in [0.1, 0.15) is 0 Å². The van der Waals surface area contributed by atoms with Gasteiger partial charge in [-0.3, -0.25) is 10.0 Å². The van der Waals surface area contributed by atoms with Gasteiger partial charge in [0.15, 0.2) is 23.0 Å². The minimum absolute atomic E-state index is 0.116. The molecule has 0 amide bonds. The lowest BCUT2D eigenvalue weighted by Crippen LogP contribution is -2.39. The largest absolute Gasteiger partial charge is 0.493 e. The number of rotatable bonds is 6. The van der Waals surface area contributed by atoms with Crippen molar-refractivity contribution in [2.24, 2.45) is 17.1 Å². The number of hydrogen-bond donors (Lipinski definition) is 1. The summed E-state index contributed by atoms with van der Waals surface area (Å²) in [5, 5.41) is 3.17. The molecular weight excluding hydrogens is 418 g/mol. The fourth-order valence-electron chi connectivity index (χ4n) is 5.07. The SMILES string of the molecule is COc1cc([C@H]2c3cc4c(cc3[C@@H](NN=[N-])[C@@H]3COC(=O)[C@H]23)OCO4)cc(OC)c1OC. The Balaban J connectivity index is 1.75. The van der Waals surface area contributed by atoms with Crippen molar-refractivity contribution in [2.45, 2.75) is 12.0 Å². The Hall–Kier alpha value is -3.69. The van der Waals surface area contributed by atoms with Crippen molar-refractivity contribution in [1.29, 1.82) is 0 Å². The molecule has 1 fully saturated rings. The van der Waals surface area contributed by atoms with Crippen molar-refractivity contribution < 1.29 is 33.2 Å². The molecule has 0 bridgehead atoms. The lowest BCUT2D eigenvalue weighted by atomic mass is 9.65. The molecule has 2 aliphatic heterocycles. The van der Waals surface area contributed by atoms with Crippen LogP contribution in [0.15, 0.2) is 29.5 Å². The van der Waals surface area contributed by atoms with Crippen LogP contribution >= 0.6 is 0 Å². The summed E-state index contributed by atoms with van der Waals surface area (Å²) in [5.74, 6) is 1.12. The van der Waals surface area contributed by atoms with Gasteiger partial charge in [-0.05, 0) is 41.0 Å². The number of cyclic esters (lactones) is 1. The van der Waals surface area contributed by atoms with Crippen LogP contribution in [-0.4, -0.2) is 40.7 Å². The van der Waals surface area contributed by atoms with Gasteiger partial charge in [0, 0.05) is 17.9 Å². The van der Waals surface area contributed by atoms with Crippen LogP contribution in [0.25, 0.3) is 5.53 Å². The maximum Gasteiger partial charge on any atom is 0.310 e. The predicted octanol–water partition coefficient (Wildman–Crippen LogP) is 2.94. The van der Waals surface area contributed by atoms with Crippen molar-refractivity contribution in [3.05, 3.63) is 46.5 Å². The van der Waals surface area contributed by atoms with Crippen molar-refractivity contribution in [3.63, 3.8) is 0 Å². The van der Waals surface area contributed by atoms with E-state index in [4.69, 9.17) is 28.4 Å². The van der Waals surface area contributed by atoms with Crippen molar-refractivity contribution >= 4 is 5.97 Å². The van der Waals surface area contributed by atoms with E-state index >= 15 is 0 Å². The van der Waals surface area contributed by atoms with E-state index in [2.05, 4.69) is 10.6 Å². The van der Waals surface area contributed by atoms with Crippen LogP contribution in [-0.2, 0) is 9.53 Å². The number of carbonyl (C=O) groups excluding carboxylic acids is 1. The molecule has 2 aromatic rings. The van der Waals surface area contributed by atoms with Gasteiger partial charge >= 0.3 is 5.97 Å². The first kappa shape index (κ1) is 20.2. The molecule has 0 saturated carbocycles. The molecule has 0 radical (unpaired) electrons. The smallest absolute Gasteiger partial charge is 0.310 e. The van der Waals surface area contributed by atoms with Crippen LogP contribution in [0, 0.1) is 11.8 Å². The van der Waals surface area contributed by atoms with E-state index in [1.54, 1.807) is 14.2 Å². The Labute approximate surface area is 184 Å². The Morgan fingerprint density at radius 2 is 1.62 bits per heavy atom. The van der Waals surface area contributed by atoms with Gasteiger partial charge in [-0.1, -0.05) is 0 Å². The topological polar surface area (TPSA) is 119 Å². The molecule has 0 unspecified atom stereocenters. The van der Waals surface area contributed by atoms with E-state index in [0.717, 1.165) is 16.7 Å². The Morgan fingerprint density at radius 1 is 0.969 bits per heavy atom. The van der Waals surface area contributed by atoms with Crippen molar-refractivity contribution in [3.8, 4) is 28.7 Å². The summed E-state index contributed by atoms with van der Waals surface area (Å²) in [7, 11) is 4.63. The van der Waals surface area contributed by atoms with Gasteiger partial charge < -0.3 is 39.4 Å². The van der Waals surface area contributed by atoms with E-state index in [1.807, 2.05) is 24.3 Å². The molecule has 1 saturated heterocycles. The van der Waals surface area contributed by atoms with Gasteiger partial charge in [0.2, 0.25) is 12.5 Å². The molecule has 1 aliphatic carbocycles. The lowest BCUT2D eigenvalue weighted by molar-refractivity contribution is -0.141. The number of fused-ring (bicyclic) bond motifs is 3. The fourth-order valence-corrected chi connectivity index (χ4v) is 5.07. The molecular formula is C22H22N3O7-. The molecule has 1 N–H and O–H groups in total. The van der Waals surface area contributed by atoms with Gasteiger partial charge in [-0.15, -0.1) is 0 Å². The van der Waals surface area contributed by atoms with Crippen LogP contribution in [0.5, 0.6) is 28.7 Å². The Bertz CT molecular complexity index is 1060. The van der Waals surface area contributed by atoms with Crippen LogP contribution in [0.3, 0.4) is 0 Å². The standard InChI is InChI=1S/C22H22N3O7/c1-27-16-4-10(5-17(28-2)21(16)29-3)18-11-6-14-15(32-9-31-14)7-12(11)20(24-25-23)13-8-30-22(26)19(13)18/h4-7,13,18-20H,8-9H2,1-3H3,(H-,23,24)/q-1/t13-,18+,19+,20-/m1/s1. The van der Waals surface area contributed by atoms with E-state index in [1.165, 1.54) is 7.11 Å². The average molecular weight is 440 g/mol. The fraction of sp³-hybridized carbons (Fsp3) is 0.409. The van der Waals surface area contributed by atoms with E-state index in [-0.39, 0.29) is 31.2 Å². The number of benzene rings is 2.